The Labute approximate surface area is 155 Å². The molecule has 2 aromatic rings. The lowest BCUT2D eigenvalue weighted by atomic mass is 10.2. The van der Waals surface area contributed by atoms with E-state index in [1.807, 2.05) is 5.38 Å². The standard InChI is InChI=1S/C17H19ClFN3O2S/c1-21(17(23)16-13(18)3-2-4-14(16)19)9-12-11-25-15(20-12)10-22-5-7-24-8-6-22/h2-4,11H,5-10H2,1H3. The zero-order chi connectivity index (χ0) is 17.8. The molecular weight excluding hydrogens is 365 g/mol. The number of hydrogen-bond acceptors (Lipinski definition) is 5. The highest BCUT2D eigenvalue weighted by molar-refractivity contribution is 7.09. The van der Waals surface area contributed by atoms with Crippen LogP contribution in [0.5, 0.6) is 0 Å². The number of carbonyl (C=O) groups is 1. The number of thiazole rings is 1. The number of carbonyl (C=O) groups excluding carboxylic acids is 1. The predicted molar refractivity (Wildman–Crippen MR) is 95.4 cm³/mol. The molecule has 0 spiro atoms. The number of halogens is 2. The van der Waals surface area contributed by atoms with Crippen LogP contribution in [0.1, 0.15) is 21.1 Å². The van der Waals surface area contributed by atoms with Crippen molar-refractivity contribution in [1.82, 2.24) is 14.8 Å². The van der Waals surface area contributed by atoms with Crippen LogP contribution in [0.3, 0.4) is 0 Å². The third-order valence-electron chi connectivity index (χ3n) is 3.98. The molecule has 1 saturated heterocycles. The van der Waals surface area contributed by atoms with Gasteiger partial charge in [-0.05, 0) is 12.1 Å². The minimum Gasteiger partial charge on any atom is -0.379 e. The van der Waals surface area contributed by atoms with Crippen molar-refractivity contribution in [2.24, 2.45) is 0 Å². The fourth-order valence-corrected chi connectivity index (χ4v) is 3.72. The van der Waals surface area contributed by atoms with Crippen LogP contribution in [-0.4, -0.2) is 54.0 Å². The van der Waals surface area contributed by atoms with Gasteiger partial charge in [0.1, 0.15) is 10.8 Å². The number of ether oxygens (including phenoxy) is 1. The quantitative estimate of drug-likeness (QED) is 0.796. The molecule has 0 atom stereocenters. The Morgan fingerprint density at radius 1 is 1.44 bits per heavy atom. The highest BCUT2D eigenvalue weighted by atomic mass is 35.5. The van der Waals surface area contributed by atoms with Crippen LogP contribution in [0, 0.1) is 5.82 Å². The minimum atomic E-state index is -0.615. The summed E-state index contributed by atoms with van der Waals surface area (Å²) in [4.78, 5) is 20.8. The Hall–Kier alpha value is -1.54. The molecule has 1 aliphatic heterocycles. The van der Waals surface area contributed by atoms with Crippen molar-refractivity contribution in [2.45, 2.75) is 13.1 Å². The number of aromatic nitrogens is 1. The summed E-state index contributed by atoms with van der Waals surface area (Å²) in [5, 5.41) is 3.05. The molecule has 25 heavy (non-hydrogen) atoms. The Bertz CT molecular complexity index is 729. The Balaban J connectivity index is 1.63. The SMILES string of the molecule is CN(Cc1csc(CN2CCOCC2)n1)C(=O)c1c(F)cccc1Cl. The van der Waals surface area contributed by atoms with Crippen LogP contribution in [0.2, 0.25) is 5.02 Å². The van der Waals surface area contributed by atoms with Gasteiger partial charge in [0.15, 0.2) is 0 Å². The minimum absolute atomic E-state index is 0.101. The maximum atomic E-state index is 13.9. The van der Waals surface area contributed by atoms with Gasteiger partial charge in [-0.3, -0.25) is 9.69 Å². The van der Waals surface area contributed by atoms with E-state index in [0.717, 1.165) is 43.5 Å². The first-order chi connectivity index (χ1) is 12.0. The van der Waals surface area contributed by atoms with Crippen LogP contribution < -0.4 is 0 Å². The third-order valence-corrected chi connectivity index (χ3v) is 5.18. The Morgan fingerprint density at radius 3 is 2.92 bits per heavy atom. The molecule has 1 aromatic carbocycles. The molecule has 8 heteroatoms. The van der Waals surface area contributed by atoms with Gasteiger partial charge in [-0.2, -0.15) is 0 Å². The molecule has 1 aliphatic rings. The van der Waals surface area contributed by atoms with Gasteiger partial charge < -0.3 is 9.64 Å². The second-order valence-electron chi connectivity index (χ2n) is 5.88. The van der Waals surface area contributed by atoms with E-state index >= 15 is 0 Å². The van der Waals surface area contributed by atoms with Crippen LogP contribution in [0.25, 0.3) is 0 Å². The Morgan fingerprint density at radius 2 is 2.20 bits per heavy atom. The summed E-state index contributed by atoms with van der Waals surface area (Å²) in [7, 11) is 1.62. The first-order valence-corrected chi connectivity index (χ1v) is 9.23. The Kier molecular flexibility index (Phi) is 6.01. The van der Waals surface area contributed by atoms with E-state index in [1.165, 1.54) is 23.1 Å². The lowest BCUT2D eigenvalue weighted by molar-refractivity contribution is 0.0341. The predicted octanol–water partition coefficient (Wildman–Crippen LogP) is 3.04. The molecule has 0 unspecified atom stereocenters. The molecular formula is C17H19ClFN3O2S. The van der Waals surface area contributed by atoms with Gasteiger partial charge in [-0.1, -0.05) is 17.7 Å². The van der Waals surface area contributed by atoms with Crippen molar-refractivity contribution in [1.29, 1.82) is 0 Å². The van der Waals surface area contributed by atoms with Crippen molar-refractivity contribution in [3.8, 4) is 0 Å². The summed E-state index contributed by atoms with van der Waals surface area (Å²) < 4.78 is 19.2. The van der Waals surface area contributed by atoms with Gasteiger partial charge >= 0.3 is 0 Å². The van der Waals surface area contributed by atoms with Crippen molar-refractivity contribution in [2.75, 3.05) is 33.4 Å². The largest absolute Gasteiger partial charge is 0.379 e. The van der Waals surface area contributed by atoms with Gasteiger partial charge in [0.2, 0.25) is 0 Å². The molecule has 0 N–H and O–H groups in total. The van der Waals surface area contributed by atoms with Crippen LogP contribution >= 0.6 is 22.9 Å². The summed E-state index contributed by atoms with van der Waals surface area (Å²) in [6, 6.07) is 4.22. The fraction of sp³-hybridized carbons (Fsp3) is 0.412. The van der Waals surface area contributed by atoms with E-state index in [2.05, 4.69) is 9.88 Å². The van der Waals surface area contributed by atoms with Crippen molar-refractivity contribution in [3.63, 3.8) is 0 Å². The number of rotatable bonds is 5. The van der Waals surface area contributed by atoms with E-state index in [4.69, 9.17) is 16.3 Å². The van der Waals surface area contributed by atoms with Gasteiger partial charge in [-0.25, -0.2) is 9.37 Å². The van der Waals surface area contributed by atoms with Crippen molar-refractivity contribution < 1.29 is 13.9 Å². The molecule has 1 amide bonds. The molecule has 0 bridgehead atoms. The summed E-state index contributed by atoms with van der Waals surface area (Å²) in [5.41, 5.74) is 0.687. The van der Waals surface area contributed by atoms with Gasteiger partial charge in [0.05, 0.1) is 42.6 Å². The second kappa shape index (κ2) is 8.23. The first kappa shape index (κ1) is 18.3. The van der Waals surface area contributed by atoms with E-state index in [-0.39, 0.29) is 10.6 Å². The number of benzene rings is 1. The molecule has 3 rings (SSSR count). The van der Waals surface area contributed by atoms with Crippen LogP contribution in [-0.2, 0) is 17.8 Å². The van der Waals surface area contributed by atoms with E-state index in [1.54, 1.807) is 18.4 Å². The highest BCUT2D eigenvalue weighted by Crippen LogP contribution is 2.21. The first-order valence-electron chi connectivity index (χ1n) is 7.97. The zero-order valence-electron chi connectivity index (χ0n) is 13.9. The number of nitrogens with zero attached hydrogens (tertiary/aromatic N) is 3. The number of hydrogen-bond donors (Lipinski definition) is 0. The molecule has 2 heterocycles. The fourth-order valence-electron chi connectivity index (χ4n) is 2.65. The molecule has 5 nitrogen and oxygen atoms in total. The second-order valence-corrected chi connectivity index (χ2v) is 7.23. The normalized spacial score (nSPS) is 15.3. The molecule has 1 aromatic heterocycles. The maximum Gasteiger partial charge on any atom is 0.258 e. The molecule has 0 aliphatic carbocycles. The summed E-state index contributed by atoms with van der Waals surface area (Å²) in [6.45, 7) is 4.39. The highest BCUT2D eigenvalue weighted by Gasteiger charge is 2.20. The summed E-state index contributed by atoms with van der Waals surface area (Å²) >= 11 is 7.53. The molecule has 134 valence electrons. The smallest absolute Gasteiger partial charge is 0.258 e. The van der Waals surface area contributed by atoms with Gasteiger partial charge in [0.25, 0.3) is 5.91 Å². The van der Waals surface area contributed by atoms with E-state index in [9.17, 15) is 9.18 Å². The summed E-state index contributed by atoms with van der Waals surface area (Å²) in [6.07, 6.45) is 0. The molecule has 0 saturated carbocycles. The topological polar surface area (TPSA) is 45.7 Å². The number of morpholine rings is 1. The zero-order valence-corrected chi connectivity index (χ0v) is 15.4. The average Bonchev–Trinajstić information content (AvgIpc) is 3.02. The molecule has 0 radical (unpaired) electrons. The third kappa shape index (κ3) is 4.55. The number of amides is 1. The van der Waals surface area contributed by atoms with Crippen molar-refractivity contribution >= 4 is 28.8 Å². The van der Waals surface area contributed by atoms with E-state index < -0.39 is 11.7 Å². The average molecular weight is 384 g/mol. The monoisotopic (exact) mass is 383 g/mol. The lowest BCUT2D eigenvalue weighted by Crippen LogP contribution is -2.35. The van der Waals surface area contributed by atoms with Gasteiger partial charge in [-0.15, -0.1) is 11.3 Å². The molecule has 1 fully saturated rings. The van der Waals surface area contributed by atoms with Crippen LogP contribution in [0.15, 0.2) is 23.6 Å². The van der Waals surface area contributed by atoms with Crippen molar-refractivity contribution in [3.05, 3.63) is 50.7 Å². The van der Waals surface area contributed by atoms with E-state index in [0.29, 0.717) is 6.54 Å². The lowest BCUT2D eigenvalue weighted by Gasteiger charge is -2.25. The van der Waals surface area contributed by atoms with Crippen LogP contribution in [0.4, 0.5) is 4.39 Å². The van der Waals surface area contributed by atoms with Gasteiger partial charge in [0, 0.05) is 25.5 Å². The maximum absolute atomic E-state index is 13.9. The summed E-state index contributed by atoms with van der Waals surface area (Å²) in [5.74, 6) is -1.07.